The van der Waals surface area contributed by atoms with Crippen molar-refractivity contribution in [1.82, 2.24) is 4.37 Å². The lowest BCUT2D eigenvalue weighted by Crippen LogP contribution is -2.30. The van der Waals surface area contributed by atoms with Crippen LogP contribution in [0, 0.1) is 6.92 Å². The Bertz CT molecular complexity index is 231. The highest BCUT2D eigenvalue weighted by atomic mass is 32.1. The fourth-order valence-corrected chi connectivity index (χ4v) is 1.18. The van der Waals surface area contributed by atoms with Crippen LogP contribution in [0.2, 0.25) is 0 Å². The summed E-state index contributed by atoms with van der Waals surface area (Å²) in [7, 11) is 0. The Balaban J connectivity index is 2.96. The van der Waals surface area contributed by atoms with Gasteiger partial charge in [0.15, 0.2) is 0 Å². The number of aromatic nitrogens is 1. The van der Waals surface area contributed by atoms with Gasteiger partial charge < -0.3 is 12.9 Å². The molecule has 6 heteroatoms. The lowest BCUT2D eigenvalue weighted by atomic mass is 9.89. The number of halogens is 3. The highest BCUT2D eigenvalue weighted by molar-refractivity contribution is 7.19. The monoisotopic (exact) mass is 166 g/mol. The van der Waals surface area contributed by atoms with Gasteiger partial charge in [-0.25, -0.2) is 4.37 Å². The third kappa shape index (κ3) is 1.50. The summed E-state index contributed by atoms with van der Waals surface area (Å²) in [5.41, 5.74) is 0.430. The van der Waals surface area contributed by atoms with Crippen molar-refractivity contribution >= 4 is 23.3 Å². The number of aryl methyl sites for hydroxylation is 1. The first-order valence-corrected chi connectivity index (χ1v) is 3.40. The maximum absolute atomic E-state index is 11.8. The Morgan fingerprint density at radius 1 is 1.50 bits per heavy atom. The summed E-state index contributed by atoms with van der Waals surface area (Å²) in [5, 5.41) is 0. The zero-order chi connectivity index (χ0) is 7.78. The molecule has 0 aliphatic carbocycles. The molecule has 0 aliphatic heterocycles. The van der Waals surface area contributed by atoms with Crippen molar-refractivity contribution in [3.8, 4) is 0 Å². The Morgan fingerprint density at radius 2 is 2.10 bits per heavy atom. The van der Waals surface area contributed by atoms with Crippen molar-refractivity contribution < 1.29 is 12.9 Å². The minimum atomic E-state index is -4.83. The van der Waals surface area contributed by atoms with E-state index in [4.69, 9.17) is 0 Å². The molecule has 0 aliphatic rings. The number of rotatable bonds is 1. The molecule has 0 fully saturated rings. The second-order valence-electron chi connectivity index (χ2n) is 1.95. The van der Waals surface area contributed by atoms with Crippen molar-refractivity contribution in [2.24, 2.45) is 0 Å². The Morgan fingerprint density at radius 3 is 2.30 bits per heavy atom. The number of hydrogen-bond acceptors (Lipinski definition) is 2. The molecule has 1 aromatic rings. The van der Waals surface area contributed by atoms with Gasteiger partial charge in [0.1, 0.15) is 0 Å². The van der Waals surface area contributed by atoms with E-state index in [1.165, 1.54) is 0 Å². The summed E-state index contributed by atoms with van der Waals surface area (Å²) >= 11 is 0.509. The van der Waals surface area contributed by atoms with Gasteiger partial charge in [0.05, 0.1) is 0 Å². The number of nitrogens with zero attached hydrogens (tertiary/aromatic N) is 1. The summed E-state index contributed by atoms with van der Waals surface area (Å²) in [5.74, 6) is 0. The van der Waals surface area contributed by atoms with Gasteiger partial charge in [-0.15, -0.1) is 0 Å². The van der Waals surface area contributed by atoms with Crippen LogP contribution in [0.4, 0.5) is 12.9 Å². The third-order valence-corrected chi connectivity index (χ3v) is 1.94. The predicted octanol–water partition coefficient (Wildman–Crippen LogP) is 1.51. The first kappa shape index (κ1) is 7.59. The molecule has 1 nitrogen and oxygen atoms in total. The predicted molar refractivity (Wildman–Crippen MR) is 35.6 cm³/mol. The van der Waals surface area contributed by atoms with E-state index in [-0.39, 0.29) is 0 Å². The van der Waals surface area contributed by atoms with Crippen LogP contribution in [0.5, 0.6) is 0 Å². The molecule has 0 saturated carbocycles. The quantitative estimate of drug-likeness (QED) is 0.576. The van der Waals surface area contributed by atoms with Gasteiger partial charge in [0.25, 0.3) is 0 Å². The molecule has 0 amide bonds. The van der Waals surface area contributed by atoms with Crippen molar-refractivity contribution in [1.29, 1.82) is 0 Å². The van der Waals surface area contributed by atoms with E-state index in [1.807, 2.05) is 0 Å². The van der Waals surface area contributed by atoms with Crippen LogP contribution >= 0.6 is 11.5 Å². The fraction of sp³-hybridized carbons (Fsp3) is 0.250. The lowest BCUT2D eigenvalue weighted by molar-refractivity contribution is 0.503. The van der Waals surface area contributed by atoms with Crippen LogP contribution in [0.1, 0.15) is 5.69 Å². The van der Waals surface area contributed by atoms with Gasteiger partial charge in [0.2, 0.25) is 0 Å². The molecule has 0 aromatic carbocycles. The minimum absolute atomic E-state index is 0.430. The molecule has 0 saturated heterocycles. The highest BCUT2D eigenvalue weighted by Crippen LogP contribution is 2.11. The van der Waals surface area contributed by atoms with Gasteiger partial charge in [0, 0.05) is 5.69 Å². The molecule has 1 heterocycles. The molecular weight excluding hydrogens is 162 g/mol. The highest BCUT2D eigenvalue weighted by Gasteiger charge is 2.27. The second kappa shape index (κ2) is 2.27. The van der Waals surface area contributed by atoms with Crippen molar-refractivity contribution in [2.75, 3.05) is 0 Å². The van der Waals surface area contributed by atoms with Crippen LogP contribution in [0.15, 0.2) is 6.07 Å². The standard InChI is InChI=1S/C4H4BF3NS/c1-3-2-4(10-9-3)5(6,7)8/h2H,1H3/q-1. The second-order valence-corrected chi connectivity index (χ2v) is 2.78. The molecule has 1 rings (SSSR count). The summed E-state index contributed by atoms with van der Waals surface area (Å²) in [6.45, 7) is -3.28. The molecule has 0 radical (unpaired) electrons. The van der Waals surface area contributed by atoms with Gasteiger partial charge in [-0.3, -0.25) is 0 Å². The van der Waals surface area contributed by atoms with Crippen molar-refractivity contribution in [3.05, 3.63) is 11.8 Å². The van der Waals surface area contributed by atoms with E-state index in [0.717, 1.165) is 6.07 Å². The molecule has 0 atom stereocenters. The van der Waals surface area contributed by atoms with E-state index in [0.29, 0.717) is 17.2 Å². The molecule has 1 aromatic heterocycles. The summed E-state index contributed by atoms with van der Waals surface area (Å²) in [4.78, 5) is 0. The van der Waals surface area contributed by atoms with Gasteiger partial charge in [-0.2, -0.15) is 0 Å². The Labute approximate surface area is 60.1 Å². The topological polar surface area (TPSA) is 12.9 Å². The van der Waals surface area contributed by atoms with Gasteiger partial charge in [-0.05, 0) is 11.7 Å². The minimum Gasteiger partial charge on any atom is -0.444 e. The lowest BCUT2D eigenvalue weighted by Gasteiger charge is -2.08. The molecular formula is C4H4BF3NS-. The fourth-order valence-electron chi connectivity index (χ4n) is 0.538. The Kier molecular flexibility index (Phi) is 1.72. The van der Waals surface area contributed by atoms with Crippen LogP contribution in [0.3, 0.4) is 0 Å². The van der Waals surface area contributed by atoms with Crippen molar-refractivity contribution in [2.45, 2.75) is 6.92 Å². The maximum atomic E-state index is 11.8. The molecule has 56 valence electrons. The third-order valence-electron chi connectivity index (χ3n) is 0.969. The molecule has 0 N–H and O–H groups in total. The normalized spacial score (nSPS) is 12.0. The summed E-state index contributed by atoms with van der Waals surface area (Å²) in [6.07, 6.45) is 0. The zero-order valence-electron chi connectivity index (χ0n) is 5.14. The van der Waals surface area contributed by atoms with Crippen LogP contribution in [-0.2, 0) is 0 Å². The van der Waals surface area contributed by atoms with E-state index >= 15 is 0 Å². The van der Waals surface area contributed by atoms with Crippen LogP contribution in [-0.4, -0.2) is 11.4 Å². The van der Waals surface area contributed by atoms with E-state index in [9.17, 15) is 12.9 Å². The summed E-state index contributed by atoms with van der Waals surface area (Å²) < 4.78 is 38.5. The van der Waals surface area contributed by atoms with Crippen LogP contribution in [0.25, 0.3) is 0 Å². The van der Waals surface area contributed by atoms with Crippen LogP contribution < -0.4 is 4.78 Å². The average Bonchev–Trinajstić information content (AvgIpc) is 2.11. The van der Waals surface area contributed by atoms with E-state index in [2.05, 4.69) is 4.37 Å². The maximum Gasteiger partial charge on any atom is 0.521 e. The number of hydrogen-bond donors (Lipinski definition) is 0. The molecule has 0 bridgehead atoms. The van der Waals surface area contributed by atoms with Crippen molar-refractivity contribution in [3.63, 3.8) is 0 Å². The molecule has 10 heavy (non-hydrogen) atoms. The SMILES string of the molecule is Cc1cc([B-](F)(F)F)sn1. The first-order chi connectivity index (χ1) is 4.50. The largest absolute Gasteiger partial charge is 0.521 e. The average molecular weight is 166 g/mol. The van der Waals surface area contributed by atoms with Gasteiger partial charge >= 0.3 is 6.98 Å². The van der Waals surface area contributed by atoms with E-state index in [1.54, 1.807) is 6.92 Å². The van der Waals surface area contributed by atoms with Gasteiger partial charge in [-0.1, -0.05) is 17.6 Å². The van der Waals surface area contributed by atoms with E-state index < -0.39 is 11.8 Å². The molecule has 0 spiro atoms. The Hall–Kier alpha value is -0.515. The smallest absolute Gasteiger partial charge is 0.444 e. The first-order valence-electron chi connectivity index (χ1n) is 2.63. The zero-order valence-corrected chi connectivity index (χ0v) is 5.96. The molecule has 0 unspecified atom stereocenters. The summed E-state index contributed by atoms with van der Waals surface area (Å²) in [6, 6.07) is 1.06.